The minimum Gasteiger partial charge on any atom is -0.507 e. The van der Waals surface area contributed by atoms with Crippen molar-refractivity contribution >= 4 is 42.0 Å². The minimum atomic E-state index is -1.11. The maximum Gasteiger partial charge on any atom is 0.339 e. The van der Waals surface area contributed by atoms with E-state index in [9.17, 15) is 29.1 Å². The second kappa shape index (κ2) is 76.9. The Hall–Kier alpha value is -9.08. The number of carboxylic acid groups (broad SMARTS) is 1. The molecule has 14 nitrogen and oxygen atoms in total. The van der Waals surface area contributed by atoms with Gasteiger partial charge in [0.25, 0.3) is 5.91 Å². The number of piperazine rings is 2. The number of allylic oxidation sites excluding steroid dienone is 36. The third kappa shape index (κ3) is 60.2. The third-order valence-corrected chi connectivity index (χ3v) is 17.9. The molecule has 2 aromatic rings. The van der Waals surface area contributed by atoms with Crippen LogP contribution < -0.4 is 10.6 Å². The topological polar surface area (TPSA) is 183 Å². The second-order valence-electron chi connectivity index (χ2n) is 27.3. The van der Waals surface area contributed by atoms with Crippen molar-refractivity contribution in [2.45, 2.75) is 213 Å². The molecule has 0 saturated carbocycles. The highest BCUT2D eigenvalue weighted by Crippen LogP contribution is 2.20. The van der Waals surface area contributed by atoms with Crippen LogP contribution in [0.15, 0.2) is 267 Å². The van der Waals surface area contributed by atoms with Gasteiger partial charge in [0.15, 0.2) is 0 Å². The molecule has 0 bridgehead atoms. The fourth-order valence-corrected chi connectivity index (χ4v) is 11.5. The first kappa shape index (κ1) is 102. The molecular weight excluding hydrogens is 1420 g/mol. The van der Waals surface area contributed by atoms with E-state index in [0.717, 1.165) is 174 Å². The van der Waals surface area contributed by atoms with Gasteiger partial charge in [-0.3, -0.25) is 19.2 Å². The summed E-state index contributed by atoms with van der Waals surface area (Å²) in [6, 6.07) is 12.4. The summed E-state index contributed by atoms with van der Waals surface area (Å²) in [7, 11) is 0. The van der Waals surface area contributed by atoms with Gasteiger partial charge in [-0.15, -0.1) is 12.4 Å². The van der Waals surface area contributed by atoms with Gasteiger partial charge in [0.1, 0.15) is 17.1 Å². The summed E-state index contributed by atoms with van der Waals surface area (Å²) in [4.78, 5) is 66.9. The predicted octanol–water partition coefficient (Wildman–Crippen LogP) is 22.8. The molecule has 4 aliphatic rings. The highest BCUT2D eigenvalue weighted by molar-refractivity contribution is 5.97. The van der Waals surface area contributed by atoms with Gasteiger partial charge in [0, 0.05) is 84.7 Å². The lowest BCUT2D eigenvalue weighted by Gasteiger charge is -2.35. The highest BCUT2D eigenvalue weighted by Gasteiger charge is 2.26. The maximum absolute atomic E-state index is 12.6. The number of carbonyl (C=O) groups is 5. The first-order valence-electron chi connectivity index (χ1n) is 42.1. The van der Waals surface area contributed by atoms with Gasteiger partial charge in [0.05, 0.1) is 5.56 Å². The molecule has 4 heterocycles. The Morgan fingerprint density at radius 1 is 0.292 bits per heavy atom. The van der Waals surface area contributed by atoms with E-state index < -0.39 is 5.97 Å². The van der Waals surface area contributed by atoms with E-state index in [2.05, 4.69) is 250 Å². The van der Waals surface area contributed by atoms with Gasteiger partial charge in [-0.25, -0.2) is 4.79 Å². The number of nitrogens with zero attached hydrogens (tertiary/aromatic N) is 4. The lowest BCUT2D eigenvalue weighted by atomic mass is 10.1. The summed E-state index contributed by atoms with van der Waals surface area (Å²) < 4.78 is 0. The van der Waals surface area contributed by atoms with E-state index >= 15 is 0 Å². The number of amides is 4. The number of phenols is 2. The number of hydrogen-bond acceptors (Lipinski definition) is 9. The molecule has 0 radical (unpaired) electrons. The molecule has 0 aliphatic carbocycles. The van der Waals surface area contributed by atoms with Crippen molar-refractivity contribution in [1.82, 2.24) is 30.2 Å². The van der Waals surface area contributed by atoms with Crippen LogP contribution in [-0.2, 0) is 14.4 Å². The standard InChI is InChI=1S/C33H44N2O3.C27H41NO.C26H40N2O.C7H6O3.C5H11N.ClH/c1-2-3-4-5-6-7-8-9-10-11-12-13-14-15-16-17-18-19-20-25-32(37)34-26-28-35(29-27-34)33(38)30-23-21-22-24-31(30)36;1-2-3-4-5-6-7-8-9-10-11-12-13-14-15-16-17-18-19-21-24-27(29)28-25-22-20-23-26-28;1-2-3-4-5-6-7-8-9-10-11-12-13-14-15-16-17-18-19-20-21-26(29)28-24-22-27-23-25-28;8-6-4-2-1-3-5(6)7(9)10;1-2-4-6-5-3-1;/h3-4,6-7,9-10,12-13,15-16,18-19,21-24,36H,2,5,8,11,14,17,20,25-29H2,1H3;3-4,6-7,9-10,12-13,15-16,18-19H,2,5,8,11,14,17,20-26H2,1H3;3-4,6-7,9-10,12-13,15-16,18-19,27H,2,5,8,11,14,17,20-25H2,1H3;1-4,8H,(H,9,10);6H,1-5H2;1H/b3*4-3-,7-6-,10-9-,13-12-,16-15-,19-18-;;;. The molecule has 2 aromatic carbocycles. The molecule has 5 N–H and O–H groups in total. The van der Waals surface area contributed by atoms with Crippen LogP contribution in [0.2, 0.25) is 0 Å². The van der Waals surface area contributed by atoms with Gasteiger partial charge < -0.3 is 45.6 Å². The van der Waals surface area contributed by atoms with Crippen molar-refractivity contribution < 1.29 is 39.3 Å². The minimum absolute atomic E-state index is 0. The first-order chi connectivity index (χ1) is 55.0. The van der Waals surface area contributed by atoms with Crippen molar-refractivity contribution in [2.75, 3.05) is 78.5 Å². The smallest absolute Gasteiger partial charge is 0.339 e. The molecule has 4 saturated heterocycles. The number of carbonyl (C=O) groups excluding carboxylic acids is 4. The summed E-state index contributed by atoms with van der Waals surface area (Å²) in [6.45, 7) is 16.5. The average Bonchev–Trinajstić information content (AvgIpc) is 0.837. The molecule has 4 amide bonds. The number of aromatic hydroxyl groups is 2. The van der Waals surface area contributed by atoms with Gasteiger partial charge in [0.2, 0.25) is 17.7 Å². The van der Waals surface area contributed by atoms with E-state index in [-0.39, 0.29) is 47.2 Å². The van der Waals surface area contributed by atoms with Crippen LogP contribution in [-0.4, -0.2) is 143 Å². The van der Waals surface area contributed by atoms with Crippen LogP contribution >= 0.6 is 12.4 Å². The normalized spacial score (nSPS) is 15.4. The van der Waals surface area contributed by atoms with E-state index in [1.54, 1.807) is 35.2 Å². The molecule has 0 spiro atoms. The first-order valence-corrected chi connectivity index (χ1v) is 42.1. The number of hydrogen-bond donors (Lipinski definition) is 5. The van der Waals surface area contributed by atoms with E-state index in [1.807, 2.05) is 14.7 Å². The molecule has 0 atom stereocenters. The number of phenolic OH excluding ortho intramolecular Hbond substituents is 1. The molecule has 620 valence electrons. The number of carboxylic acids is 1. The summed E-state index contributed by atoms with van der Waals surface area (Å²) >= 11 is 0. The number of halogens is 1. The number of benzene rings is 2. The van der Waals surface area contributed by atoms with Crippen LogP contribution in [0.4, 0.5) is 0 Å². The van der Waals surface area contributed by atoms with E-state index in [0.29, 0.717) is 56.9 Å². The number of para-hydroxylation sites is 2. The van der Waals surface area contributed by atoms with Crippen LogP contribution in [0.1, 0.15) is 234 Å². The zero-order valence-electron chi connectivity index (χ0n) is 69.2. The van der Waals surface area contributed by atoms with Crippen molar-refractivity contribution in [2.24, 2.45) is 0 Å². The second-order valence-corrected chi connectivity index (χ2v) is 27.3. The van der Waals surface area contributed by atoms with Gasteiger partial charge in [-0.2, -0.15) is 0 Å². The van der Waals surface area contributed by atoms with Crippen LogP contribution in [0.25, 0.3) is 0 Å². The molecule has 15 heteroatoms. The lowest BCUT2D eigenvalue weighted by molar-refractivity contribution is -0.133. The average molecular weight is 1570 g/mol. The molecule has 0 unspecified atom stereocenters. The SMILES string of the molecule is C1CCNCC1.CC/C=C\C/C=C\C/C=C\C/C=C\C/C=C\C/C=C\CCC(=O)N1CCCCC1.CC/C=C\C/C=C\C/C=C\C/C=C\C/C=C\C/C=C\CCC(=O)N1CCN(C(=O)c2ccccc2O)CC1.CC/C=C\C/C=C\C/C=C\C/C=C\C/C=C\C/C=C\CCC(=O)N1CCNCC1.Cl.O=C(O)c1ccccc1O. The fourth-order valence-electron chi connectivity index (χ4n) is 11.5. The van der Waals surface area contributed by atoms with Crippen LogP contribution in [0.5, 0.6) is 11.5 Å². The Morgan fingerprint density at radius 2 is 0.531 bits per heavy atom. The monoisotopic (exact) mass is 1570 g/mol. The van der Waals surface area contributed by atoms with Crippen LogP contribution in [0, 0.1) is 0 Å². The Kier molecular flexibility index (Phi) is 69.4. The van der Waals surface area contributed by atoms with E-state index in [1.165, 1.54) is 69.8 Å². The summed E-state index contributed by atoms with van der Waals surface area (Å²) in [5.74, 6) is -0.775. The third-order valence-electron chi connectivity index (χ3n) is 17.9. The van der Waals surface area contributed by atoms with E-state index in [4.69, 9.17) is 10.2 Å². The van der Waals surface area contributed by atoms with Crippen molar-refractivity contribution in [3.05, 3.63) is 278 Å². The van der Waals surface area contributed by atoms with Crippen LogP contribution in [0.3, 0.4) is 0 Å². The van der Waals surface area contributed by atoms with Crippen molar-refractivity contribution in [3.63, 3.8) is 0 Å². The molecule has 113 heavy (non-hydrogen) atoms. The summed E-state index contributed by atoms with van der Waals surface area (Å²) in [5.41, 5.74) is 0.243. The van der Waals surface area contributed by atoms with Gasteiger partial charge in [-0.05, 0) is 204 Å². The highest BCUT2D eigenvalue weighted by atomic mass is 35.5. The fraction of sp³-hybridized carbons (Fsp3) is 0.459. The Bertz CT molecular complexity index is 3230. The number of piperidine rings is 2. The zero-order chi connectivity index (χ0) is 80.7. The Balaban J connectivity index is 0.000000770. The zero-order valence-corrected chi connectivity index (χ0v) is 70.0. The van der Waals surface area contributed by atoms with Crippen molar-refractivity contribution in [3.8, 4) is 11.5 Å². The summed E-state index contributed by atoms with van der Waals surface area (Å²) in [5, 5.41) is 33.8. The number of likely N-dealkylation sites (tertiary alicyclic amines) is 1. The predicted molar refractivity (Wildman–Crippen MR) is 482 cm³/mol. The largest absolute Gasteiger partial charge is 0.507 e. The maximum atomic E-state index is 12.6. The Labute approximate surface area is 689 Å². The molecule has 4 fully saturated rings. The molecule has 6 rings (SSSR count). The summed E-state index contributed by atoms with van der Waals surface area (Å²) in [6.07, 6.45) is 109. The van der Waals surface area contributed by atoms with Crippen molar-refractivity contribution in [1.29, 1.82) is 0 Å². The number of aromatic carboxylic acids is 1. The lowest BCUT2D eigenvalue weighted by Crippen LogP contribution is -2.50. The van der Waals surface area contributed by atoms with Gasteiger partial charge >= 0.3 is 5.97 Å². The Morgan fingerprint density at radius 3 is 0.788 bits per heavy atom. The molecule has 0 aromatic heterocycles. The molecular formula is C98H143ClN6O8. The quantitative estimate of drug-likeness (QED) is 0.0400. The number of nitrogens with one attached hydrogen (secondary N) is 2. The number of rotatable bonds is 44. The van der Waals surface area contributed by atoms with Gasteiger partial charge in [-0.1, -0.05) is 270 Å². The molecule has 4 aliphatic heterocycles.